The van der Waals surface area contributed by atoms with Crippen molar-refractivity contribution < 1.29 is 4.42 Å². The first-order chi connectivity index (χ1) is 36.4. The molecule has 0 radical (unpaired) electrons. The number of para-hydroxylation sites is 1. The first-order valence-electron chi connectivity index (χ1n) is 25.9. The minimum atomic E-state index is -0.128. The zero-order valence-corrected chi connectivity index (χ0v) is 44.3. The van der Waals surface area contributed by atoms with Gasteiger partial charge in [0.15, 0.2) is 5.58 Å². The van der Waals surface area contributed by atoms with E-state index in [0.717, 1.165) is 58.2 Å². The monoisotopic (exact) mass is 991 g/mol. The number of benzene rings is 8. The molecule has 75 heavy (non-hydrogen) atoms. The fourth-order valence-corrected chi connectivity index (χ4v) is 11.4. The SMILES string of the molecule is C#C.C/C=C\C=C/CN1C2=C(CC=C(c3ccc4c(c3)c3cc5oc(-c6ccccc6)nc5cc3n4-c3ccc(-c4ccc5c(c4)-c4ccccc4Cc4ccccc4-5)cc3)C=C2)C(C)(C)c2ccccc21.CC.S. The molecule has 2 aromatic heterocycles. The number of rotatable bonds is 7. The van der Waals surface area contributed by atoms with Crippen molar-refractivity contribution in [3.05, 3.63) is 252 Å². The second kappa shape index (κ2) is 21.1. The highest BCUT2D eigenvalue weighted by molar-refractivity contribution is 7.59. The topological polar surface area (TPSA) is 34.2 Å². The zero-order valence-electron chi connectivity index (χ0n) is 43.3. The van der Waals surface area contributed by atoms with Crippen LogP contribution >= 0.6 is 13.5 Å². The molecule has 1 aliphatic heterocycles. The summed E-state index contributed by atoms with van der Waals surface area (Å²) in [4.78, 5) is 7.54. The van der Waals surface area contributed by atoms with Gasteiger partial charge in [0.25, 0.3) is 0 Å². The molecule has 0 amide bonds. The Labute approximate surface area is 448 Å². The van der Waals surface area contributed by atoms with Crippen molar-refractivity contribution in [2.24, 2.45) is 0 Å². The van der Waals surface area contributed by atoms with Gasteiger partial charge in [-0.05, 0) is 153 Å². The van der Waals surface area contributed by atoms with E-state index in [-0.39, 0.29) is 18.9 Å². The summed E-state index contributed by atoms with van der Waals surface area (Å²) in [6.45, 7) is 11.6. The van der Waals surface area contributed by atoms with Crippen molar-refractivity contribution >= 4 is 57.7 Å². The number of hydrogen-bond acceptors (Lipinski definition) is 3. The maximum Gasteiger partial charge on any atom is 0.227 e. The summed E-state index contributed by atoms with van der Waals surface area (Å²) < 4.78 is 8.93. The van der Waals surface area contributed by atoms with E-state index in [4.69, 9.17) is 9.40 Å². The molecular formula is C70H61N3OS. The van der Waals surface area contributed by atoms with Gasteiger partial charge >= 0.3 is 0 Å². The summed E-state index contributed by atoms with van der Waals surface area (Å²) in [7, 11) is 0. The first-order valence-corrected chi connectivity index (χ1v) is 25.9. The Hall–Kier alpha value is -8.56. The lowest BCUT2D eigenvalue weighted by molar-refractivity contribution is 0.587. The minimum Gasteiger partial charge on any atom is -0.436 e. The number of aromatic nitrogens is 2. The Bertz CT molecular complexity index is 3950. The van der Waals surface area contributed by atoms with E-state index in [1.807, 2.05) is 32.0 Å². The van der Waals surface area contributed by atoms with Gasteiger partial charge in [0.2, 0.25) is 5.89 Å². The number of allylic oxidation sites excluding steroid dienone is 8. The molecule has 8 aromatic carbocycles. The molecule has 0 N–H and O–H groups in total. The second-order valence-electron chi connectivity index (χ2n) is 19.4. The van der Waals surface area contributed by atoms with Crippen molar-refractivity contribution in [2.45, 2.75) is 52.9 Å². The average molecular weight is 992 g/mol. The van der Waals surface area contributed by atoms with E-state index >= 15 is 0 Å². The molecule has 368 valence electrons. The number of nitrogens with zero attached hydrogens (tertiary/aromatic N) is 3. The van der Waals surface area contributed by atoms with Crippen molar-refractivity contribution in [3.8, 4) is 63.4 Å². The van der Waals surface area contributed by atoms with Crippen LogP contribution in [-0.2, 0) is 11.8 Å². The van der Waals surface area contributed by atoms with Gasteiger partial charge in [-0.3, -0.25) is 0 Å². The number of terminal acetylenes is 1. The van der Waals surface area contributed by atoms with E-state index in [1.165, 1.54) is 83.6 Å². The fraction of sp³-hybridized carbons (Fsp3) is 0.129. The first kappa shape index (κ1) is 50.0. The third-order valence-electron chi connectivity index (χ3n) is 15.0. The molecule has 0 saturated heterocycles. The van der Waals surface area contributed by atoms with Crippen molar-refractivity contribution in [1.29, 1.82) is 0 Å². The van der Waals surface area contributed by atoms with Crippen LogP contribution in [0, 0.1) is 12.8 Å². The smallest absolute Gasteiger partial charge is 0.227 e. The maximum atomic E-state index is 6.53. The lowest BCUT2D eigenvalue weighted by atomic mass is 9.72. The van der Waals surface area contributed by atoms with E-state index in [9.17, 15) is 0 Å². The second-order valence-corrected chi connectivity index (χ2v) is 19.4. The Kier molecular flexibility index (Phi) is 14.1. The Morgan fingerprint density at radius 3 is 2.04 bits per heavy atom. The molecule has 3 aliphatic rings. The third-order valence-corrected chi connectivity index (χ3v) is 15.0. The zero-order chi connectivity index (χ0) is 50.9. The molecule has 0 saturated carbocycles. The molecule has 2 aliphatic carbocycles. The number of anilines is 1. The van der Waals surface area contributed by atoms with Crippen LogP contribution in [0.3, 0.4) is 0 Å². The molecule has 0 bridgehead atoms. The van der Waals surface area contributed by atoms with E-state index in [0.29, 0.717) is 5.89 Å². The predicted molar refractivity (Wildman–Crippen MR) is 324 cm³/mol. The Morgan fingerprint density at radius 2 is 1.28 bits per heavy atom. The summed E-state index contributed by atoms with van der Waals surface area (Å²) in [6, 6.07) is 64.3. The molecule has 5 heteroatoms. The van der Waals surface area contributed by atoms with Crippen molar-refractivity contribution in [3.63, 3.8) is 0 Å². The Balaban J connectivity index is 0.00000125. The Morgan fingerprint density at radius 1 is 0.613 bits per heavy atom. The summed E-state index contributed by atoms with van der Waals surface area (Å²) in [5.74, 6) is 0.623. The van der Waals surface area contributed by atoms with Crippen LogP contribution in [0.4, 0.5) is 5.69 Å². The molecule has 10 aromatic rings. The van der Waals surface area contributed by atoms with Crippen LogP contribution in [0.15, 0.2) is 234 Å². The number of hydrogen-bond donors (Lipinski definition) is 0. The predicted octanol–water partition coefficient (Wildman–Crippen LogP) is 18.4. The van der Waals surface area contributed by atoms with Crippen LogP contribution in [0.1, 0.15) is 63.3 Å². The fourth-order valence-electron chi connectivity index (χ4n) is 11.4. The summed E-state index contributed by atoms with van der Waals surface area (Å²) in [5, 5.41) is 2.29. The van der Waals surface area contributed by atoms with Crippen LogP contribution < -0.4 is 4.90 Å². The van der Waals surface area contributed by atoms with E-state index < -0.39 is 0 Å². The molecule has 0 fully saturated rings. The molecule has 13 rings (SSSR count). The van der Waals surface area contributed by atoms with Gasteiger partial charge in [-0.25, -0.2) is 4.98 Å². The standard InChI is InChI=1S/C66H51N3O.C2H6.C2H2.H2S/c1-4-5-6-16-37-68-61-24-15-14-23-57(61)66(2,3)58-34-28-44(29-36-62(58)68)47-30-35-60-55(40-47)56-41-64-59(67-65(70-64)45-17-8-7-9-18-45)42-63(56)69(60)50-31-25-43(26-32-50)46-27-33-53-51-21-12-10-19-48(51)38-49-20-11-13-22-52(49)54(53)39-46;2*1-2;/h4-33,35-36,39-42H,34,37-38H2,1-3H3;1-2H3;1-2H;1H2/b5-4-,16-6-;;;. The van der Waals surface area contributed by atoms with Gasteiger partial charge in [-0.1, -0.05) is 179 Å². The van der Waals surface area contributed by atoms with E-state index in [1.54, 1.807) is 0 Å². The molecule has 0 spiro atoms. The molecule has 3 heterocycles. The van der Waals surface area contributed by atoms with Gasteiger partial charge in [0.05, 0.1) is 11.0 Å². The van der Waals surface area contributed by atoms with E-state index in [2.05, 4.69) is 243 Å². The summed E-state index contributed by atoms with van der Waals surface area (Å²) >= 11 is 0. The van der Waals surface area contributed by atoms with Crippen LogP contribution in [0.5, 0.6) is 0 Å². The van der Waals surface area contributed by atoms with Gasteiger partial charge in [-0.15, -0.1) is 12.8 Å². The highest BCUT2D eigenvalue weighted by Crippen LogP contribution is 2.49. The molecule has 0 atom stereocenters. The maximum absolute atomic E-state index is 6.53. The van der Waals surface area contributed by atoms with Crippen LogP contribution in [0.2, 0.25) is 0 Å². The molecular weight excluding hydrogens is 931 g/mol. The van der Waals surface area contributed by atoms with Crippen molar-refractivity contribution in [1.82, 2.24) is 9.55 Å². The summed E-state index contributed by atoms with van der Waals surface area (Å²) in [6.07, 6.45) is 25.5. The van der Waals surface area contributed by atoms with Crippen molar-refractivity contribution in [2.75, 3.05) is 11.4 Å². The summed E-state index contributed by atoms with van der Waals surface area (Å²) in [5.41, 5.74) is 23.8. The van der Waals surface area contributed by atoms with Crippen LogP contribution in [0.25, 0.3) is 89.0 Å². The highest BCUT2D eigenvalue weighted by Gasteiger charge is 2.37. The average Bonchev–Trinajstić information content (AvgIpc) is 3.87. The highest BCUT2D eigenvalue weighted by atomic mass is 32.1. The third kappa shape index (κ3) is 8.86. The number of oxazole rings is 1. The largest absolute Gasteiger partial charge is 0.436 e. The minimum absolute atomic E-state index is 0. The van der Waals surface area contributed by atoms with Gasteiger partial charge in [0.1, 0.15) is 5.52 Å². The molecule has 0 unspecified atom stereocenters. The number of fused-ring (bicyclic) bond motifs is 10. The van der Waals surface area contributed by atoms with Gasteiger partial charge in [0, 0.05) is 45.4 Å². The quantitative estimate of drug-likeness (QED) is 0.118. The van der Waals surface area contributed by atoms with Crippen LogP contribution in [-0.4, -0.2) is 16.1 Å². The normalized spacial score (nSPS) is 14.1. The van der Waals surface area contributed by atoms with Gasteiger partial charge in [-0.2, -0.15) is 13.5 Å². The lowest BCUT2D eigenvalue weighted by Gasteiger charge is -2.42. The lowest BCUT2D eigenvalue weighted by Crippen LogP contribution is -2.36. The van der Waals surface area contributed by atoms with Gasteiger partial charge < -0.3 is 13.9 Å². The molecule has 4 nitrogen and oxygen atoms in total.